The predicted octanol–water partition coefficient (Wildman–Crippen LogP) is 3.84. The average molecular weight is 305 g/mol. The SMILES string of the molecule is N#C/C(=C\c1cccc2ccccc12)C(=O)Nc1nccs1. The van der Waals surface area contributed by atoms with Crippen molar-refractivity contribution in [3.05, 3.63) is 65.2 Å². The molecule has 1 N–H and O–H groups in total. The lowest BCUT2D eigenvalue weighted by Crippen LogP contribution is -2.13. The number of nitriles is 1. The molecule has 106 valence electrons. The maximum Gasteiger partial charge on any atom is 0.268 e. The van der Waals surface area contributed by atoms with Crippen molar-refractivity contribution in [3.63, 3.8) is 0 Å². The molecule has 0 aliphatic heterocycles. The van der Waals surface area contributed by atoms with Crippen molar-refractivity contribution in [3.8, 4) is 6.07 Å². The highest BCUT2D eigenvalue weighted by Gasteiger charge is 2.11. The molecule has 2 aromatic carbocycles. The third-order valence-corrected chi connectivity index (χ3v) is 3.83. The van der Waals surface area contributed by atoms with Crippen molar-refractivity contribution in [1.82, 2.24) is 4.98 Å². The van der Waals surface area contributed by atoms with Crippen LogP contribution >= 0.6 is 11.3 Å². The number of nitrogens with zero attached hydrogens (tertiary/aromatic N) is 2. The maximum absolute atomic E-state index is 12.1. The molecule has 1 heterocycles. The van der Waals surface area contributed by atoms with Gasteiger partial charge in [0.2, 0.25) is 0 Å². The van der Waals surface area contributed by atoms with Crippen molar-refractivity contribution in [2.45, 2.75) is 0 Å². The van der Waals surface area contributed by atoms with Gasteiger partial charge in [0.05, 0.1) is 0 Å². The van der Waals surface area contributed by atoms with E-state index in [0.29, 0.717) is 5.13 Å². The van der Waals surface area contributed by atoms with E-state index < -0.39 is 5.91 Å². The molecular formula is C17H11N3OS. The summed E-state index contributed by atoms with van der Waals surface area (Å²) in [7, 11) is 0. The number of carbonyl (C=O) groups excluding carboxylic acids is 1. The summed E-state index contributed by atoms with van der Waals surface area (Å²) in [6, 6.07) is 15.6. The number of aromatic nitrogens is 1. The lowest BCUT2D eigenvalue weighted by Gasteiger charge is -2.03. The lowest BCUT2D eigenvalue weighted by molar-refractivity contribution is -0.112. The third kappa shape index (κ3) is 2.87. The Labute approximate surface area is 131 Å². The van der Waals surface area contributed by atoms with Crippen LogP contribution in [0.1, 0.15) is 5.56 Å². The summed E-state index contributed by atoms with van der Waals surface area (Å²) in [5.41, 5.74) is 0.885. The van der Waals surface area contributed by atoms with E-state index >= 15 is 0 Å². The molecule has 0 radical (unpaired) electrons. The predicted molar refractivity (Wildman–Crippen MR) is 88.3 cm³/mol. The Morgan fingerprint density at radius 1 is 1.23 bits per heavy atom. The van der Waals surface area contributed by atoms with Gasteiger partial charge in [0.25, 0.3) is 5.91 Å². The molecule has 1 amide bonds. The van der Waals surface area contributed by atoms with Gasteiger partial charge in [0.1, 0.15) is 11.6 Å². The summed E-state index contributed by atoms with van der Waals surface area (Å²) < 4.78 is 0. The van der Waals surface area contributed by atoms with Crippen molar-refractivity contribution in [2.75, 3.05) is 5.32 Å². The first kappa shape index (κ1) is 14.0. The van der Waals surface area contributed by atoms with Gasteiger partial charge in [0, 0.05) is 11.6 Å². The molecule has 0 aliphatic carbocycles. The van der Waals surface area contributed by atoms with E-state index in [0.717, 1.165) is 16.3 Å². The number of fused-ring (bicyclic) bond motifs is 1. The minimum Gasteiger partial charge on any atom is -0.297 e. The van der Waals surface area contributed by atoms with E-state index in [2.05, 4.69) is 10.3 Å². The number of thiazole rings is 1. The Morgan fingerprint density at radius 2 is 2.05 bits per heavy atom. The molecule has 0 saturated carbocycles. The van der Waals surface area contributed by atoms with Crippen LogP contribution in [0, 0.1) is 11.3 Å². The second kappa shape index (κ2) is 6.20. The fraction of sp³-hybridized carbons (Fsp3) is 0. The summed E-state index contributed by atoms with van der Waals surface area (Å²) in [5.74, 6) is -0.453. The van der Waals surface area contributed by atoms with E-state index in [1.807, 2.05) is 48.5 Å². The standard InChI is InChI=1S/C17H11N3OS/c18-11-14(16(21)20-17-19-8-9-22-17)10-13-6-3-5-12-4-1-2-7-15(12)13/h1-10H,(H,19,20,21)/b14-10+. The Bertz CT molecular complexity index is 886. The number of hydrogen-bond acceptors (Lipinski definition) is 4. The van der Waals surface area contributed by atoms with Crippen LogP contribution in [0.15, 0.2) is 59.6 Å². The van der Waals surface area contributed by atoms with Crippen molar-refractivity contribution in [1.29, 1.82) is 5.26 Å². The van der Waals surface area contributed by atoms with Crippen LogP contribution in [0.4, 0.5) is 5.13 Å². The van der Waals surface area contributed by atoms with Crippen LogP contribution in [0.5, 0.6) is 0 Å². The fourth-order valence-corrected chi connectivity index (χ4v) is 2.65. The zero-order chi connectivity index (χ0) is 15.4. The first-order chi connectivity index (χ1) is 10.8. The van der Waals surface area contributed by atoms with Gasteiger partial charge >= 0.3 is 0 Å². The molecule has 22 heavy (non-hydrogen) atoms. The molecule has 4 nitrogen and oxygen atoms in total. The molecule has 0 spiro atoms. The molecule has 0 unspecified atom stereocenters. The second-order valence-corrected chi connectivity index (χ2v) is 5.42. The Balaban J connectivity index is 1.97. The molecule has 3 aromatic rings. The summed E-state index contributed by atoms with van der Waals surface area (Å²) >= 11 is 1.31. The van der Waals surface area contributed by atoms with Gasteiger partial charge in [-0.05, 0) is 22.4 Å². The van der Waals surface area contributed by atoms with E-state index in [1.165, 1.54) is 11.3 Å². The molecular weight excluding hydrogens is 294 g/mol. The Hall–Kier alpha value is -2.97. The van der Waals surface area contributed by atoms with E-state index in [-0.39, 0.29) is 5.57 Å². The fourth-order valence-electron chi connectivity index (χ4n) is 2.13. The number of rotatable bonds is 3. The van der Waals surface area contributed by atoms with Crippen LogP contribution in [-0.4, -0.2) is 10.9 Å². The van der Waals surface area contributed by atoms with Crippen LogP contribution in [0.3, 0.4) is 0 Å². The van der Waals surface area contributed by atoms with E-state index in [4.69, 9.17) is 0 Å². The molecule has 1 aromatic heterocycles. The summed E-state index contributed by atoms with van der Waals surface area (Å²) in [4.78, 5) is 16.1. The highest BCUT2D eigenvalue weighted by Crippen LogP contribution is 2.21. The molecule has 5 heteroatoms. The first-order valence-electron chi connectivity index (χ1n) is 6.58. The van der Waals surface area contributed by atoms with Crippen LogP contribution in [0.25, 0.3) is 16.8 Å². The number of hydrogen-bond donors (Lipinski definition) is 1. The molecule has 0 saturated heterocycles. The van der Waals surface area contributed by atoms with Gasteiger partial charge in [-0.15, -0.1) is 11.3 Å². The monoisotopic (exact) mass is 305 g/mol. The van der Waals surface area contributed by atoms with E-state index in [1.54, 1.807) is 17.7 Å². The zero-order valence-electron chi connectivity index (χ0n) is 11.5. The highest BCUT2D eigenvalue weighted by atomic mass is 32.1. The van der Waals surface area contributed by atoms with E-state index in [9.17, 15) is 10.1 Å². The quantitative estimate of drug-likeness (QED) is 0.590. The average Bonchev–Trinajstić information content (AvgIpc) is 3.05. The van der Waals surface area contributed by atoms with Gasteiger partial charge in [-0.2, -0.15) is 5.26 Å². The Kier molecular flexibility index (Phi) is 3.95. The number of nitrogens with one attached hydrogen (secondary N) is 1. The minimum atomic E-state index is -0.453. The summed E-state index contributed by atoms with van der Waals surface area (Å²) in [5, 5.41) is 16.2. The molecule has 3 rings (SSSR count). The van der Waals surface area contributed by atoms with Gasteiger partial charge in [-0.3, -0.25) is 10.1 Å². The topological polar surface area (TPSA) is 65.8 Å². The van der Waals surface area contributed by atoms with Crippen molar-refractivity contribution < 1.29 is 4.79 Å². The number of amides is 1. The molecule has 0 atom stereocenters. The maximum atomic E-state index is 12.1. The molecule has 0 aliphatic rings. The first-order valence-corrected chi connectivity index (χ1v) is 7.46. The van der Waals surface area contributed by atoms with Crippen molar-refractivity contribution in [2.24, 2.45) is 0 Å². The van der Waals surface area contributed by atoms with Gasteiger partial charge in [-0.1, -0.05) is 42.5 Å². The largest absolute Gasteiger partial charge is 0.297 e. The smallest absolute Gasteiger partial charge is 0.268 e. The minimum absolute atomic E-state index is 0.0477. The second-order valence-electron chi connectivity index (χ2n) is 4.53. The molecule has 0 fully saturated rings. The van der Waals surface area contributed by atoms with Gasteiger partial charge in [0.15, 0.2) is 5.13 Å². The normalized spacial score (nSPS) is 11.1. The van der Waals surface area contributed by atoms with Gasteiger partial charge in [-0.25, -0.2) is 4.98 Å². The Morgan fingerprint density at radius 3 is 2.82 bits per heavy atom. The van der Waals surface area contributed by atoms with Crippen LogP contribution in [0.2, 0.25) is 0 Å². The van der Waals surface area contributed by atoms with Gasteiger partial charge < -0.3 is 0 Å². The van der Waals surface area contributed by atoms with Crippen LogP contribution in [-0.2, 0) is 4.79 Å². The van der Waals surface area contributed by atoms with Crippen molar-refractivity contribution >= 4 is 39.2 Å². The lowest BCUT2D eigenvalue weighted by atomic mass is 10.0. The number of anilines is 1. The zero-order valence-corrected chi connectivity index (χ0v) is 12.3. The summed E-state index contributed by atoms with van der Waals surface area (Å²) in [6.45, 7) is 0. The number of benzene rings is 2. The number of carbonyl (C=O) groups is 1. The van der Waals surface area contributed by atoms with Crippen LogP contribution < -0.4 is 5.32 Å². The summed E-state index contributed by atoms with van der Waals surface area (Å²) in [6.07, 6.45) is 3.20. The third-order valence-electron chi connectivity index (χ3n) is 3.14. The molecule has 0 bridgehead atoms. The highest BCUT2D eigenvalue weighted by molar-refractivity contribution is 7.13.